The highest BCUT2D eigenvalue weighted by atomic mass is 35.6. The first kappa shape index (κ1) is 7.93. The third-order valence-corrected chi connectivity index (χ3v) is 2.76. The Bertz CT molecular complexity index is 114. The number of hydrogen-bond acceptors (Lipinski definition) is 1. The van der Waals surface area contributed by atoms with Crippen LogP contribution in [0.1, 0.15) is 19.3 Å². The van der Waals surface area contributed by atoms with Crippen LogP contribution in [0.4, 0.5) is 0 Å². The van der Waals surface area contributed by atoms with E-state index in [2.05, 4.69) is 0 Å². The minimum atomic E-state index is -1.49. The van der Waals surface area contributed by atoms with Crippen molar-refractivity contribution in [2.75, 3.05) is 0 Å². The van der Waals surface area contributed by atoms with Crippen LogP contribution in [0.2, 0.25) is 0 Å². The Hall–Kier alpha value is 0.830. The number of hydrogen-bond donors (Lipinski definition) is 1. The standard InChI is InChI=1S/C5H7Cl3O/c6-5(7,8)4(9)2-1-3-4/h9H,1-3H2. The van der Waals surface area contributed by atoms with Gasteiger partial charge in [0.15, 0.2) is 0 Å². The Morgan fingerprint density at radius 2 is 1.67 bits per heavy atom. The zero-order valence-corrected chi connectivity index (χ0v) is 6.97. The number of rotatable bonds is 0. The Labute approximate surface area is 68.9 Å². The summed E-state index contributed by atoms with van der Waals surface area (Å²) in [5.74, 6) is 0. The van der Waals surface area contributed by atoms with E-state index in [1.165, 1.54) is 0 Å². The summed E-state index contributed by atoms with van der Waals surface area (Å²) in [7, 11) is 0. The van der Waals surface area contributed by atoms with Gasteiger partial charge in [-0.2, -0.15) is 0 Å². The maximum Gasteiger partial charge on any atom is 0.218 e. The predicted molar refractivity (Wildman–Crippen MR) is 39.1 cm³/mol. The van der Waals surface area contributed by atoms with Crippen LogP contribution in [0.15, 0.2) is 0 Å². The fraction of sp³-hybridized carbons (Fsp3) is 1.00. The molecule has 9 heavy (non-hydrogen) atoms. The summed E-state index contributed by atoms with van der Waals surface area (Å²) in [5.41, 5.74) is -1.04. The van der Waals surface area contributed by atoms with Crippen molar-refractivity contribution in [3.63, 3.8) is 0 Å². The van der Waals surface area contributed by atoms with Crippen LogP contribution >= 0.6 is 34.8 Å². The van der Waals surface area contributed by atoms with Crippen molar-refractivity contribution in [3.8, 4) is 0 Å². The molecule has 1 saturated carbocycles. The van der Waals surface area contributed by atoms with Crippen LogP contribution < -0.4 is 0 Å². The zero-order chi connectivity index (χ0) is 7.12. The van der Waals surface area contributed by atoms with Crippen LogP contribution in [-0.4, -0.2) is 14.5 Å². The van der Waals surface area contributed by atoms with Crippen molar-refractivity contribution in [3.05, 3.63) is 0 Å². The average Bonchev–Trinajstić information content (AvgIpc) is 1.57. The van der Waals surface area contributed by atoms with E-state index < -0.39 is 9.39 Å². The molecule has 0 amide bonds. The minimum Gasteiger partial charge on any atom is -0.385 e. The Balaban J connectivity index is 2.59. The molecule has 0 atom stereocenters. The molecule has 1 N–H and O–H groups in total. The molecular weight excluding hydrogens is 182 g/mol. The van der Waals surface area contributed by atoms with Gasteiger partial charge in [-0.15, -0.1) is 0 Å². The van der Waals surface area contributed by atoms with Gasteiger partial charge >= 0.3 is 0 Å². The third-order valence-electron chi connectivity index (χ3n) is 1.71. The molecule has 0 unspecified atom stereocenters. The quantitative estimate of drug-likeness (QED) is 0.580. The second-order valence-electron chi connectivity index (χ2n) is 2.38. The first-order valence-electron chi connectivity index (χ1n) is 2.75. The van der Waals surface area contributed by atoms with Gasteiger partial charge in [-0.25, -0.2) is 0 Å². The molecule has 0 aromatic heterocycles. The molecule has 1 fully saturated rings. The molecule has 0 aromatic rings. The largest absolute Gasteiger partial charge is 0.385 e. The Morgan fingerprint density at radius 3 is 1.67 bits per heavy atom. The summed E-state index contributed by atoms with van der Waals surface area (Å²) in [5, 5.41) is 9.35. The molecule has 0 saturated heterocycles. The van der Waals surface area contributed by atoms with Gasteiger partial charge in [-0.05, 0) is 19.3 Å². The Kier molecular flexibility index (Phi) is 1.90. The molecule has 1 nitrogen and oxygen atoms in total. The molecule has 0 radical (unpaired) electrons. The topological polar surface area (TPSA) is 20.2 Å². The lowest BCUT2D eigenvalue weighted by molar-refractivity contribution is -0.0292. The van der Waals surface area contributed by atoms with E-state index in [9.17, 15) is 5.11 Å². The van der Waals surface area contributed by atoms with Crippen molar-refractivity contribution < 1.29 is 5.11 Å². The van der Waals surface area contributed by atoms with E-state index in [-0.39, 0.29) is 0 Å². The maximum absolute atomic E-state index is 9.35. The van der Waals surface area contributed by atoms with Crippen LogP contribution in [-0.2, 0) is 0 Å². The third kappa shape index (κ3) is 1.30. The van der Waals surface area contributed by atoms with Crippen LogP contribution in [0.3, 0.4) is 0 Å². The highest BCUT2D eigenvalue weighted by Gasteiger charge is 2.51. The summed E-state index contributed by atoms with van der Waals surface area (Å²) < 4.78 is -1.49. The van der Waals surface area contributed by atoms with Crippen LogP contribution in [0.25, 0.3) is 0 Å². The van der Waals surface area contributed by atoms with E-state index >= 15 is 0 Å². The molecule has 54 valence electrons. The first-order valence-corrected chi connectivity index (χ1v) is 3.88. The summed E-state index contributed by atoms with van der Waals surface area (Å²) in [4.78, 5) is 0. The maximum atomic E-state index is 9.35. The second-order valence-corrected chi connectivity index (χ2v) is 4.66. The molecule has 0 bridgehead atoms. The lowest BCUT2D eigenvalue weighted by Gasteiger charge is -2.41. The molecule has 4 heteroatoms. The molecule has 1 aliphatic rings. The van der Waals surface area contributed by atoms with E-state index in [1.807, 2.05) is 0 Å². The number of aliphatic hydroxyl groups is 1. The van der Waals surface area contributed by atoms with Crippen molar-refractivity contribution >= 4 is 34.8 Å². The molecule has 0 aromatic carbocycles. The summed E-state index contributed by atoms with van der Waals surface area (Å²) in [6, 6.07) is 0. The Morgan fingerprint density at radius 1 is 1.22 bits per heavy atom. The van der Waals surface area contributed by atoms with Crippen LogP contribution in [0, 0.1) is 0 Å². The molecule has 0 spiro atoms. The molecule has 1 aliphatic carbocycles. The van der Waals surface area contributed by atoms with Crippen molar-refractivity contribution in [2.45, 2.75) is 28.7 Å². The average molecular weight is 189 g/mol. The SMILES string of the molecule is OC1(C(Cl)(Cl)Cl)CCC1. The van der Waals surface area contributed by atoms with Gasteiger partial charge in [0, 0.05) is 0 Å². The van der Waals surface area contributed by atoms with E-state index in [0.29, 0.717) is 12.8 Å². The van der Waals surface area contributed by atoms with E-state index in [1.54, 1.807) is 0 Å². The van der Waals surface area contributed by atoms with Crippen molar-refractivity contribution in [1.82, 2.24) is 0 Å². The minimum absolute atomic E-state index is 0.601. The normalized spacial score (nSPS) is 25.3. The lowest BCUT2D eigenvalue weighted by atomic mass is 9.82. The summed E-state index contributed by atoms with van der Waals surface area (Å²) in [6.45, 7) is 0. The zero-order valence-electron chi connectivity index (χ0n) is 4.70. The van der Waals surface area contributed by atoms with Gasteiger partial charge < -0.3 is 5.11 Å². The van der Waals surface area contributed by atoms with Crippen molar-refractivity contribution in [2.24, 2.45) is 0 Å². The smallest absolute Gasteiger partial charge is 0.218 e. The number of halogens is 3. The molecule has 0 heterocycles. The fourth-order valence-corrected chi connectivity index (χ4v) is 1.36. The van der Waals surface area contributed by atoms with Gasteiger partial charge in [0.05, 0.1) is 0 Å². The van der Waals surface area contributed by atoms with Gasteiger partial charge in [-0.1, -0.05) is 34.8 Å². The summed E-state index contributed by atoms with van der Waals surface area (Å²) >= 11 is 16.4. The summed E-state index contributed by atoms with van der Waals surface area (Å²) in [6.07, 6.45) is 2.15. The van der Waals surface area contributed by atoms with Gasteiger partial charge in [0.2, 0.25) is 3.79 Å². The monoisotopic (exact) mass is 188 g/mol. The van der Waals surface area contributed by atoms with E-state index in [0.717, 1.165) is 6.42 Å². The fourth-order valence-electron chi connectivity index (χ4n) is 0.795. The first-order chi connectivity index (χ1) is 3.96. The highest BCUT2D eigenvalue weighted by molar-refractivity contribution is 6.68. The molecule has 0 aliphatic heterocycles. The highest BCUT2D eigenvalue weighted by Crippen LogP contribution is 2.49. The lowest BCUT2D eigenvalue weighted by Crippen LogP contribution is -2.48. The van der Waals surface area contributed by atoms with Gasteiger partial charge in [0.25, 0.3) is 0 Å². The van der Waals surface area contributed by atoms with E-state index in [4.69, 9.17) is 34.8 Å². The predicted octanol–water partition coefficient (Wildman–Crippen LogP) is 2.27. The van der Waals surface area contributed by atoms with Gasteiger partial charge in [0.1, 0.15) is 5.60 Å². The molecule has 1 rings (SSSR count). The van der Waals surface area contributed by atoms with Crippen molar-refractivity contribution in [1.29, 1.82) is 0 Å². The molecular formula is C5H7Cl3O. The van der Waals surface area contributed by atoms with Crippen LogP contribution in [0.5, 0.6) is 0 Å². The number of alkyl halides is 3. The second kappa shape index (κ2) is 2.16. The van der Waals surface area contributed by atoms with Gasteiger partial charge in [-0.3, -0.25) is 0 Å².